The minimum Gasteiger partial charge on any atom is -0.497 e. The van der Waals surface area contributed by atoms with Crippen LogP contribution in [0.25, 0.3) is 0 Å². The van der Waals surface area contributed by atoms with Gasteiger partial charge in [0.05, 0.1) is 19.3 Å². The summed E-state index contributed by atoms with van der Waals surface area (Å²) in [7, 11) is 1.61. The van der Waals surface area contributed by atoms with E-state index in [1.54, 1.807) is 38.3 Å². The van der Waals surface area contributed by atoms with Crippen LogP contribution in [-0.2, 0) is 22.5 Å². The van der Waals surface area contributed by atoms with Crippen molar-refractivity contribution in [2.45, 2.75) is 19.9 Å². The number of rotatable bonds is 10. The first-order valence-electron chi connectivity index (χ1n) is 9.58. The van der Waals surface area contributed by atoms with Crippen molar-refractivity contribution in [1.29, 1.82) is 5.26 Å². The third-order valence-electron chi connectivity index (χ3n) is 4.24. The van der Waals surface area contributed by atoms with E-state index in [2.05, 4.69) is 10.6 Å². The fourth-order valence-electron chi connectivity index (χ4n) is 2.60. The molecule has 2 aromatic carbocycles. The zero-order chi connectivity index (χ0) is 21.8. The first-order valence-corrected chi connectivity index (χ1v) is 9.58. The Morgan fingerprint density at radius 3 is 2.33 bits per heavy atom. The molecule has 2 N–H and O–H groups in total. The zero-order valence-corrected chi connectivity index (χ0v) is 17.1. The topological polar surface area (TPSA) is 100 Å². The van der Waals surface area contributed by atoms with Crippen molar-refractivity contribution < 1.29 is 19.1 Å². The van der Waals surface area contributed by atoms with Crippen LogP contribution in [0, 0.1) is 11.3 Å². The van der Waals surface area contributed by atoms with E-state index in [0.717, 1.165) is 16.9 Å². The number of hydrogen-bond acceptors (Lipinski definition) is 6. The van der Waals surface area contributed by atoms with E-state index in [1.807, 2.05) is 30.3 Å². The third-order valence-corrected chi connectivity index (χ3v) is 4.24. The third kappa shape index (κ3) is 6.99. The Morgan fingerprint density at radius 2 is 1.73 bits per heavy atom. The minimum atomic E-state index is -0.434. The Hall–Kier alpha value is -3.79. The first kappa shape index (κ1) is 22.5. The molecular formula is C23H25N3O4. The van der Waals surface area contributed by atoms with Gasteiger partial charge in [0, 0.05) is 19.3 Å². The smallest absolute Gasteiger partial charge is 0.338 e. The quantitative estimate of drug-likeness (QED) is 0.357. The van der Waals surface area contributed by atoms with Crippen LogP contribution < -0.4 is 15.4 Å². The van der Waals surface area contributed by atoms with Gasteiger partial charge in [-0.05, 0) is 48.7 Å². The van der Waals surface area contributed by atoms with Crippen molar-refractivity contribution in [2.24, 2.45) is 0 Å². The highest BCUT2D eigenvalue weighted by Crippen LogP contribution is 2.11. The van der Waals surface area contributed by atoms with Gasteiger partial charge in [0.25, 0.3) is 5.91 Å². The summed E-state index contributed by atoms with van der Waals surface area (Å²) in [6.07, 6.45) is 2.04. The van der Waals surface area contributed by atoms with E-state index in [4.69, 9.17) is 9.47 Å². The van der Waals surface area contributed by atoms with E-state index < -0.39 is 5.91 Å². The normalized spacial score (nSPS) is 10.6. The number of ether oxygens (including phenoxy) is 2. The van der Waals surface area contributed by atoms with Crippen LogP contribution in [0.5, 0.6) is 5.75 Å². The number of carbonyl (C=O) groups is 2. The number of esters is 1. The maximum atomic E-state index is 12.2. The Bertz CT molecular complexity index is 913. The number of hydrogen-bond donors (Lipinski definition) is 2. The van der Waals surface area contributed by atoms with Crippen LogP contribution in [0.2, 0.25) is 0 Å². The summed E-state index contributed by atoms with van der Waals surface area (Å²) >= 11 is 0. The molecule has 1 amide bonds. The second kappa shape index (κ2) is 11.9. The summed E-state index contributed by atoms with van der Waals surface area (Å²) in [4.78, 5) is 23.8. The second-order valence-electron chi connectivity index (χ2n) is 6.32. The average molecular weight is 407 g/mol. The molecule has 0 aliphatic carbocycles. The number of nitrogens with one attached hydrogen (secondary N) is 2. The summed E-state index contributed by atoms with van der Waals surface area (Å²) in [5.41, 5.74) is 2.43. The molecule has 0 heterocycles. The van der Waals surface area contributed by atoms with Gasteiger partial charge in [0.15, 0.2) is 0 Å². The summed E-state index contributed by atoms with van der Waals surface area (Å²) < 4.78 is 10.1. The van der Waals surface area contributed by atoms with Gasteiger partial charge in [0.1, 0.15) is 17.4 Å². The predicted molar refractivity (Wildman–Crippen MR) is 113 cm³/mol. The largest absolute Gasteiger partial charge is 0.497 e. The van der Waals surface area contributed by atoms with Crippen molar-refractivity contribution in [2.75, 3.05) is 20.3 Å². The van der Waals surface area contributed by atoms with Gasteiger partial charge in [-0.2, -0.15) is 5.26 Å². The molecule has 0 radical (unpaired) electrons. The molecule has 0 atom stereocenters. The molecule has 156 valence electrons. The van der Waals surface area contributed by atoms with Gasteiger partial charge in [-0.3, -0.25) is 4.79 Å². The lowest BCUT2D eigenvalue weighted by Gasteiger charge is -2.07. The monoisotopic (exact) mass is 407 g/mol. The molecule has 30 heavy (non-hydrogen) atoms. The fraction of sp³-hybridized carbons (Fsp3) is 0.261. The summed E-state index contributed by atoms with van der Waals surface area (Å²) in [5, 5.41) is 14.9. The van der Waals surface area contributed by atoms with E-state index >= 15 is 0 Å². The Kier molecular flexibility index (Phi) is 8.94. The highest BCUT2D eigenvalue weighted by atomic mass is 16.5. The maximum absolute atomic E-state index is 12.2. The van der Waals surface area contributed by atoms with E-state index in [-0.39, 0.29) is 11.5 Å². The summed E-state index contributed by atoms with van der Waals surface area (Å²) in [5.74, 6) is -0.0229. The van der Waals surface area contributed by atoms with Crippen LogP contribution in [0.1, 0.15) is 28.4 Å². The minimum absolute atomic E-state index is 0.00660. The van der Waals surface area contributed by atoms with E-state index in [9.17, 15) is 14.9 Å². The molecule has 0 saturated carbocycles. The first-order chi connectivity index (χ1) is 14.6. The Balaban J connectivity index is 1.80. The molecular weight excluding hydrogens is 382 g/mol. The number of nitriles is 1. The molecule has 0 aliphatic heterocycles. The van der Waals surface area contributed by atoms with E-state index in [0.29, 0.717) is 31.7 Å². The van der Waals surface area contributed by atoms with Crippen LogP contribution in [0.15, 0.2) is 60.3 Å². The highest BCUT2D eigenvalue weighted by Gasteiger charge is 2.08. The van der Waals surface area contributed by atoms with Gasteiger partial charge < -0.3 is 20.1 Å². The lowest BCUT2D eigenvalue weighted by atomic mass is 10.1. The predicted octanol–water partition coefficient (Wildman–Crippen LogP) is 2.73. The number of amides is 1. The second-order valence-corrected chi connectivity index (χ2v) is 6.32. The average Bonchev–Trinajstić information content (AvgIpc) is 2.77. The lowest BCUT2D eigenvalue weighted by Crippen LogP contribution is -2.27. The highest BCUT2D eigenvalue weighted by molar-refractivity contribution is 5.97. The Labute approximate surface area is 176 Å². The van der Waals surface area contributed by atoms with Crippen LogP contribution in [0.4, 0.5) is 0 Å². The lowest BCUT2D eigenvalue weighted by molar-refractivity contribution is -0.117. The standard InChI is InChI=1S/C23H25N3O4/c1-3-30-23(28)19-8-4-18(5-9-19)15-25-16-20(14-24)22(27)26-13-12-17-6-10-21(29-2)11-7-17/h4-11,16,25H,3,12-13,15H2,1-2H3,(H,26,27)/b20-16-. The van der Waals surface area contributed by atoms with Crippen LogP contribution in [0.3, 0.4) is 0 Å². The molecule has 0 fully saturated rings. The molecule has 0 aliphatic rings. The molecule has 0 saturated heterocycles. The molecule has 2 aromatic rings. The van der Waals surface area contributed by atoms with Crippen molar-refractivity contribution >= 4 is 11.9 Å². The number of carbonyl (C=O) groups excluding carboxylic acids is 2. The zero-order valence-electron chi connectivity index (χ0n) is 17.1. The summed E-state index contributed by atoms with van der Waals surface area (Å²) in [6, 6.07) is 16.4. The Morgan fingerprint density at radius 1 is 1.07 bits per heavy atom. The maximum Gasteiger partial charge on any atom is 0.338 e. The molecule has 0 unspecified atom stereocenters. The molecule has 0 aromatic heterocycles. The number of methoxy groups -OCH3 is 1. The van der Waals surface area contributed by atoms with Crippen molar-refractivity contribution in [1.82, 2.24) is 10.6 Å². The van der Waals surface area contributed by atoms with Crippen molar-refractivity contribution in [3.63, 3.8) is 0 Å². The number of benzene rings is 2. The summed E-state index contributed by atoms with van der Waals surface area (Å²) in [6.45, 7) is 2.91. The number of nitrogens with zero attached hydrogens (tertiary/aromatic N) is 1. The van der Waals surface area contributed by atoms with E-state index in [1.165, 1.54) is 6.20 Å². The molecule has 0 spiro atoms. The van der Waals surface area contributed by atoms with Gasteiger partial charge in [-0.15, -0.1) is 0 Å². The molecule has 0 bridgehead atoms. The van der Waals surface area contributed by atoms with Gasteiger partial charge in [-0.1, -0.05) is 24.3 Å². The van der Waals surface area contributed by atoms with Gasteiger partial charge >= 0.3 is 5.97 Å². The van der Waals surface area contributed by atoms with Crippen LogP contribution in [-0.4, -0.2) is 32.1 Å². The van der Waals surface area contributed by atoms with Crippen molar-refractivity contribution in [3.8, 4) is 11.8 Å². The molecule has 7 heteroatoms. The van der Waals surface area contributed by atoms with Crippen LogP contribution >= 0.6 is 0 Å². The molecule has 2 rings (SSSR count). The van der Waals surface area contributed by atoms with Gasteiger partial charge in [0.2, 0.25) is 0 Å². The molecule has 7 nitrogen and oxygen atoms in total. The van der Waals surface area contributed by atoms with Crippen molar-refractivity contribution in [3.05, 3.63) is 77.0 Å². The fourth-order valence-corrected chi connectivity index (χ4v) is 2.60. The van der Waals surface area contributed by atoms with Gasteiger partial charge in [-0.25, -0.2) is 4.79 Å². The SMILES string of the molecule is CCOC(=O)c1ccc(CN/C=C(/C#N)C(=O)NCCc2ccc(OC)cc2)cc1.